The van der Waals surface area contributed by atoms with Crippen molar-refractivity contribution in [2.24, 2.45) is 0 Å². The molecule has 4 nitrogen and oxygen atoms in total. The van der Waals surface area contributed by atoms with Crippen LogP contribution in [-0.4, -0.2) is 41.6 Å². The minimum atomic E-state index is -0.225. The maximum Gasteiger partial charge on any atom is 0.225 e. The van der Waals surface area contributed by atoms with Crippen molar-refractivity contribution >= 4 is 22.9 Å². The molecule has 1 amide bonds. The maximum absolute atomic E-state index is 13.1. The summed E-state index contributed by atoms with van der Waals surface area (Å²) in [7, 11) is 0. The van der Waals surface area contributed by atoms with E-state index in [0.717, 1.165) is 18.8 Å². The van der Waals surface area contributed by atoms with Gasteiger partial charge in [0.2, 0.25) is 5.91 Å². The van der Waals surface area contributed by atoms with Crippen LogP contribution in [0.4, 0.5) is 10.1 Å². The fourth-order valence-corrected chi connectivity index (χ4v) is 4.28. The summed E-state index contributed by atoms with van der Waals surface area (Å²) in [5.74, 6) is -0.0456. The number of thiophene rings is 1. The summed E-state index contributed by atoms with van der Waals surface area (Å²) in [4.78, 5) is 17.1. The zero-order valence-corrected chi connectivity index (χ0v) is 15.8. The normalized spacial score (nSPS) is 15.7. The third-order valence-electron chi connectivity index (χ3n) is 5.11. The van der Waals surface area contributed by atoms with Gasteiger partial charge in [-0.3, -0.25) is 4.79 Å². The van der Waals surface area contributed by atoms with E-state index in [0.29, 0.717) is 19.5 Å². The molecule has 0 radical (unpaired) electrons. The first-order valence-electron chi connectivity index (χ1n) is 9.13. The van der Waals surface area contributed by atoms with Crippen LogP contribution in [-0.2, 0) is 4.79 Å². The summed E-state index contributed by atoms with van der Waals surface area (Å²) in [6.07, 6.45) is 4.49. The van der Waals surface area contributed by atoms with Crippen LogP contribution in [0.1, 0.15) is 18.0 Å². The molecule has 1 atom stereocenters. The quantitative estimate of drug-likeness (QED) is 0.666. The van der Waals surface area contributed by atoms with Gasteiger partial charge in [0.15, 0.2) is 0 Å². The van der Waals surface area contributed by atoms with Crippen LogP contribution in [0.3, 0.4) is 0 Å². The van der Waals surface area contributed by atoms with Gasteiger partial charge in [0.25, 0.3) is 0 Å². The molecular formula is C21H22FN3OS. The first kappa shape index (κ1) is 17.8. The molecule has 3 heterocycles. The lowest BCUT2D eigenvalue weighted by atomic mass is 10.1. The molecule has 0 spiro atoms. The van der Waals surface area contributed by atoms with E-state index in [-0.39, 0.29) is 17.8 Å². The van der Waals surface area contributed by atoms with Crippen molar-refractivity contribution in [3.63, 3.8) is 0 Å². The standard InChI is InChI=1S/C21H22FN3OS/c22-18-3-5-19(6-4-18)23-10-12-25(13-11-23)21(26)15-20(17-7-14-27-16-17)24-8-1-2-9-24/h1-9,14,16,20H,10-13,15H2/t20-/m1/s1. The highest BCUT2D eigenvalue weighted by molar-refractivity contribution is 7.08. The summed E-state index contributed by atoms with van der Waals surface area (Å²) in [5.41, 5.74) is 2.18. The van der Waals surface area contributed by atoms with Crippen molar-refractivity contribution in [1.29, 1.82) is 0 Å². The van der Waals surface area contributed by atoms with E-state index in [9.17, 15) is 9.18 Å². The van der Waals surface area contributed by atoms with Gasteiger partial charge in [-0.2, -0.15) is 11.3 Å². The maximum atomic E-state index is 13.1. The Morgan fingerprint density at radius 3 is 2.37 bits per heavy atom. The highest BCUT2D eigenvalue weighted by Gasteiger charge is 2.25. The number of amides is 1. The van der Waals surface area contributed by atoms with Gasteiger partial charge in [-0.25, -0.2) is 4.39 Å². The first-order chi connectivity index (χ1) is 13.2. The van der Waals surface area contributed by atoms with Crippen molar-refractivity contribution < 1.29 is 9.18 Å². The second-order valence-electron chi connectivity index (χ2n) is 6.75. The molecule has 0 aliphatic carbocycles. The molecule has 1 fully saturated rings. The molecule has 0 saturated carbocycles. The molecule has 140 valence electrons. The highest BCUT2D eigenvalue weighted by Crippen LogP contribution is 2.26. The van der Waals surface area contributed by atoms with Gasteiger partial charge in [0.1, 0.15) is 5.82 Å². The van der Waals surface area contributed by atoms with E-state index >= 15 is 0 Å². The van der Waals surface area contributed by atoms with Crippen LogP contribution in [0.5, 0.6) is 0 Å². The van der Waals surface area contributed by atoms with Gasteiger partial charge >= 0.3 is 0 Å². The van der Waals surface area contributed by atoms with E-state index in [1.807, 2.05) is 29.4 Å². The minimum absolute atomic E-state index is 0.0360. The Labute approximate surface area is 162 Å². The third kappa shape index (κ3) is 4.06. The number of anilines is 1. The van der Waals surface area contributed by atoms with E-state index < -0.39 is 0 Å². The fourth-order valence-electron chi connectivity index (χ4n) is 3.58. The average Bonchev–Trinajstić information content (AvgIpc) is 3.41. The molecule has 1 aliphatic heterocycles. The van der Waals surface area contributed by atoms with Crippen LogP contribution in [0.25, 0.3) is 0 Å². The van der Waals surface area contributed by atoms with Gasteiger partial charge in [0.05, 0.1) is 12.5 Å². The van der Waals surface area contributed by atoms with Crippen LogP contribution in [0.2, 0.25) is 0 Å². The fraction of sp³-hybridized carbons (Fsp3) is 0.286. The number of hydrogen-bond donors (Lipinski definition) is 0. The molecule has 0 unspecified atom stereocenters. The summed E-state index contributed by atoms with van der Waals surface area (Å²) < 4.78 is 15.2. The van der Waals surface area contributed by atoms with Crippen molar-refractivity contribution in [1.82, 2.24) is 9.47 Å². The topological polar surface area (TPSA) is 28.5 Å². The third-order valence-corrected chi connectivity index (χ3v) is 5.81. The largest absolute Gasteiger partial charge is 0.368 e. The van der Waals surface area contributed by atoms with E-state index in [2.05, 4.69) is 26.3 Å². The smallest absolute Gasteiger partial charge is 0.225 e. The monoisotopic (exact) mass is 383 g/mol. The number of halogens is 1. The molecule has 0 bridgehead atoms. The van der Waals surface area contributed by atoms with Crippen molar-refractivity contribution in [3.05, 3.63) is 77.0 Å². The van der Waals surface area contributed by atoms with E-state index in [4.69, 9.17) is 0 Å². The molecule has 4 rings (SSSR count). The van der Waals surface area contributed by atoms with Gasteiger partial charge in [-0.15, -0.1) is 0 Å². The Morgan fingerprint density at radius 1 is 1.04 bits per heavy atom. The average molecular weight is 383 g/mol. The molecule has 1 aliphatic rings. The van der Waals surface area contributed by atoms with Crippen LogP contribution >= 0.6 is 11.3 Å². The first-order valence-corrected chi connectivity index (χ1v) is 10.1. The Hall–Kier alpha value is -2.60. The summed E-state index contributed by atoms with van der Waals surface area (Å²) in [5, 5.41) is 4.17. The van der Waals surface area contributed by atoms with Crippen LogP contribution in [0, 0.1) is 5.82 Å². The number of benzene rings is 1. The predicted molar refractivity (Wildman–Crippen MR) is 107 cm³/mol. The molecular weight excluding hydrogens is 361 g/mol. The number of hydrogen-bond acceptors (Lipinski definition) is 3. The van der Waals surface area contributed by atoms with Gasteiger partial charge in [0, 0.05) is 44.3 Å². The molecule has 3 aromatic rings. The van der Waals surface area contributed by atoms with Crippen molar-refractivity contribution in [2.75, 3.05) is 31.1 Å². The van der Waals surface area contributed by atoms with E-state index in [1.165, 1.54) is 17.7 Å². The van der Waals surface area contributed by atoms with Gasteiger partial charge < -0.3 is 14.4 Å². The lowest BCUT2D eigenvalue weighted by Gasteiger charge is -2.36. The Balaban J connectivity index is 1.39. The zero-order chi connectivity index (χ0) is 18.6. The Kier molecular flexibility index (Phi) is 5.25. The number of carbonyl (C=O) groups excluding carboxylic acids is 1. The Bertz CT molecular complexity index is 819. The van der Waals surface area contributed by atoms with Crippen LogP contribution < -0.4 is 4.90 Å². The molecule has 1 saturated heterocycles. The minimum Gasteiger partial charge on any atom is -0.368 e. The van der Waals surface area contributed by atoms with Gasteiger partial charge in [-0.05, 0) is 58.8 Å². The zero-order valence-electron chi connectivity index (χ0n) is 15.0. The summed E-state index contributed by atoms with van der Waals surface area (Å²) >= 11 is 1.66. The SMILES string of the molecule is O=C(C[C@H](c1ccsc1)n1cccc1)N1CCN(c2ccc(F)cc2)CC1. The Morgan fingerprint density at radius 2 is 1.74 bits per heavy atom. The summed E-state index contributed by atoms with van der Waals surface area (Å²) in [6.45, 7) is 2.92. The molecule has 0 N–H and O–H groups in total. The molecule has 27 heavy (non-hydrogen) atoms. The number of rotatable bonds is 5. The molecule has 6 heteroatoms. The predicted octanol–water partition coefficient (Wildman–Crippen LogP) is 4.02. The number of aromatic nitrogens is 1. The van der Waals surface area contributed by atoms with Crippen molar-refractivity contribution in [2.45, 2.75) is 12.5 Å². The number of carbonyl (C=O) groups is 1. The lowest BCUT2D eigenvalue weighted by Crippen LogP contribution is -2.49. The number of nitrogens with zero attached hydrogens (tertiary/aromatic N) is 3. The number of piperazine rings is 1. The van der Waals surface area contributed by atoms with Crippen molar-refractivity contribution in [3.8, 4) is 0 Å². The van der Waals surface area contributed by atoms with E-state index in [1.54, 1.807) is 23.5 Å². The highest BCUT2D eigenvalue weighted by atomic mass is 32.1. The molecule has 2 aromatic heterocycles. The lowest BCUT2D eigenvalue weighted by molar-refractivity contribution is -0.132. The second kappa shape index (κ2) is 7.96. The van der Waals surface area contributed by atoms with Gasteiger partial charge in [-0.1, -0.05) is 0 Å². The second-order valence-corrected chi connectivity index (χ2v) is 7.53. The molecule has 1 aromatic carbocycles. The van der Waals surface area contributed by atoms with Crippen LogP contribution in [0.15, 0.2) is 65.6 Å². The summed E-state index contributed by atoms with van der Waals surface area (Å²) in [6, 6.07) is 12.7.